The highest BCUT2D eigenvalue weighted by Gasteiger charge is 2.12. The van der Waals surface area contributed by atoms with E-state index in [1.165, 1.54) is 7.11 Å². The number of carbonyl (C=O) groups excluding carboxylic acids is 1. The van der Waals surface area contributed by atoms with E-state index in [9.17, 15) is 4.79 Å². The first-order valence-electron chi connectivity index (χ1n) is 6.94. The minimum atomic E-state index is -0.336. The number of fused-ring (bicyclic) bond motifs is 1. The van der Waals surface area contributed by atoms with E-state index in [-0.39, 0.29) is 5.97 Å². The van der Waals surface area contributed by atoms with E-state index in [4.69, 9.17) is 16.3 Å². The van der Waals surface area contributed by atoms with Gasteiger partial charge in [-0.1, -0.05) is 6.07 Å². The van der Waals surface area contributed by atoms with Gasteiger partial charge in [0.15, 0.2) is 0 Å². The Morgan fingerprint density at radius 2 is 2.27 bits per heavy atom. The number of methoxy groups -OCH3 is 1. The molecule has 0 saturated heterocycles. The molecule has 0 atom stereocenters. The number of hydrogen-bond donors (Lipinski definition) is 0. The standard InChI is InChI=1S/C16H16ClN3O2/c1-22-16(21)12-2-3-14-13(9-19-7-5-18-11-19)10-20(6-4-17)15(14)8-12/h2-3,5,7-8,10-11H,4,6,9H2,1H3. The van der Waals surface area contributed by atoms with Crippen LogP contribution < -0.4 is 0 Å². The molecule has 0 unspecified atom stereocenters. The summed E-state index contributed by atoms with van der Waals surface area (Å²) in [6.45, 7) is 1.41. The van der Waals surface area contributed by atoms with Crippen molar-refractivity contribution in [2.24, 2.45) is 0 Å². The van der Waals surface area contributed by atoms with Crippen molar-refractivity contribution in [3.63, 3.8) is 0 Å². The second-order valence-electron chi connectivity index (χ2n) is 5.00. The molecule has 0 aliphatic rings. The zero-order valence-electron chi connectivity index (χ0n) is 12.2. The third kappa shape index (κ3) is 2.72. The fraction of sp³-hybridized carbons (Fsp3) is 0.250. The number of alkyl halides is 1. The van der Waals surface area contributed by atoms with Gasteiger partial charge < -0.3 is 13.9 Å². The van der Waals surface area contributed by atoms with Gasteiger partial charge in [0.1, 0.15) is 0 Å². The van der Waals surface area contributed by atoms with Crippen LogP contribution in [0.1, 0.15) is 15.9 Å². The minimum Gasteiger partial charge on any atom is -0.465 e. The van der Waals surface area contributed by atoms with E-state index in [0.29, 0.717) is 18.0 Å². The van der Waals surface area contributed by atoms with Crippen LogP contribution in [-0.4, -0.2) is 33.1 Å². The van der Waals surface area contributed by atoms with Gasteiger partial charge in [-0.25, -0.2) is 9.78 Å². The lowest BCUT2D eigenvalue weighted by Gasteiger charge is -2.04. The Balaban J connectivity index is 2.07. The van der Waals surface area contributed by atoms with Crippen LogP contribution in [0.15, 0.2) is 43.1 Å². The van der Waals surface area contributed by atoms with Crippen LogP contribution in [0.4, 0.5) is 0 Å². The van der Waals surface area contributed by atoms with Crippen LogP contribution in [0.3, 0.4) is 0 Å². The summed E-state index contributed by atoms with van der Waals surface area (Å²) < 4.78 is 8.87. The maximum Gasteiger partial charge on any atom is 0.337 e. The molecule has 2 aromatic heterocycles. The van der Waals surface area contributed by atoms with Gasteiger partial charge in [-0.3, -0.25) is 0 Å². The number of rotatable bonds is 5. The molecular weight excluding hydrogens is 302 g/mol. The van der Waals surface area contributed by atoms with E-state index in [1.807, 2.05) is 22.9 Å². The molecule has 0 aliphatic heterocycles. The van der Waals surface area contributed by atoms with Crippen LogP contribution >= 0.6 is 11.6 Å². The maximum absolute atomic E-state index is 11.7. The summed E-state index contributed by atoms with van der Waals surface area (Å²) in [6, 6.07) is 5.60. The van der Waals surface area contributed by atoms with E-state index in [1.54, 1.807) is 18.6 Å². The highest BCUT2D eigenvalue weighted by Crippen LogP contribution is 2.24. The average molecular weight is 318 g/mol. The number of imidazole rings is 1. The van der Waals surface area contributed by atoms with Crippen LogP contribution in [0.25, 0.3) is 10.9 Å². The lowest BCUT2D eigenvalue weighted by molar-refractivity contribution is 0.0601. The van der Waals surface area contributed by atoms with E-state index in [2.05, 4.69) is 15.7 Å². The lowest BCUT2D eigenvalue weighted by atomic mass is 10.1. The van der Waals surface area contributed by atoms with Gasteiger partial charge in [0.25, 0.3) is 0 Å². The molecule has 3 aromatic rings. The highest BCUT2D eigenvalue weighted by atomic mass is 35.5. The Bertz CT molecular complexity index is 793. The van der Waals surface area contributed by atoms with Gasteiger partial charge in [-0.05, 0) is 17.7 Å². The van der Waals surface area contributed by atoms with Crippen LogP contribution in [0, 0.1) is 0 Å². The van der Waals surface area contributed by atoms with Crippen molar-refractivity contribution in [1.82, 2.24) is 14.1 Å². The van der Waals surface area contributed by atoms with Gasteiger partial charge in [0.2, 0.25) is 0 Å². The first kappa shape index (κ1) is 14.7. The molecule has 0 radical (unpaired) electrons. The van der Waals surface area contributed by atoms with E-state index >= 15 is 0 Å². The third-order valence-electron chi connectivity index (χ3n) is 3.62. The Hall–Kier alpha value is -2.27. The Labute approximate surface area is 133 Å². The van der Waals surface area contributed by atoms with Gasteiger partial charge in [0.05, 0.1) is 25.5 Å². The largest absolute Gasteiger partial charge is 0.465 e. The molecule has 0 fully saturated rings. The molecule has 0 saturated carbocycles. The molecule has 6 heteroatoms. The summed E-state index contributed by atoms with van der Waals surface area (Å²) in [5.74, 6) is 0.174. The minimum absolute atomic E-state index is 0.336. The van der Waals surface area contributed by atoms with Crippen LogP contribution in [-0.2, 0) is 17.8 Å². The second-order valence-corrected chi connectivity index (χ2v) is 5.37. The van der Waals surface area contributed by atoms with Crippen molar-refractivity contribution in [2.45, 2.75) is 13.1 Å². The number of aryl methyl sites for hydroxylation is 1. The van der Waals surface area contributed by atoms with Crippen molar-refractivity contribution in [3.8, 4) is 0 Å². The topological polar surface area (TPSA) is 49.1 Å². The predicted molar refractivity (Wildman–Crippen MR) is 85.3 cm³/mol. The monoisotopic (exact) mass is 317 g/mol. The lowest BCUT2D eigenvalue weighted by Crippen LogP contribution is -2.02. The van der Waals surface area contributed by atoms with Crippen molar-refractivity contribution < 1.29 is 9.53 Å². The zero-order valence-corrected chi connectivity index (χ0v) is 13.0. The second kappa shape index (κ2) is 6.23. The van der Waals surface area contributed by atoms with E-state index < -0.39 is 0 Å². The molecule has 2 heterocycles. The molecule has 0 N–H and O–H groups in total. The highest BCUT2D eigenvalue weighted by molar-refractivity contribution is 6.17. The number of halogens is 1. The van der Waals surface area contributed by atoms with Gasteiger partial charge >= 0.3 is 5.97 Å². The molecule has 0 bridgehead atoms. The number of carbonyl (C=O) groups is 1. The smallest absolute Gasteiger partial charge is 0.337 e. The molecule has 5 nitrogen and oxygen atoms in total. The molecule has 0 spiro atoms. The molecule has 1 aromatic carbocycles. The number of benzene rings is 1. The van der Waals surface area contributed by atoms with Crippen molar-refractivity contribution >= 4 is 28.5 Å². The van der Waals surface area contributed by atoms with Crippen molar-refractivity contribution in [3.05, 3.63) is 54.2 Å². The maximum atomic E-state index is 11.7. The Morgan fingerprint density at radius 1 is 1.41 bits per heavy atom. The summed E-state index contributed by atoms with van der Waals surface area (Å²) in [5.41, 5.74) is 2.69. The first-order valence-corrected chi connectivity index (χ1v) is 7.48. The summed E-state index contributed by atoms with van der Waals surface area (Å²) in [5, 5.41) is 1.10. The van der Waals surface area contributed by atoms with Crippen LogP contribution in [0.5, 0.6) is 0 Å². The summed E-state index contributed by atoms with van der Waals surface area (Å²) in [7, 11) is 1.38. The SMILES string of the molecule is COC(=O)c1ccc2c(Cn3ccnc3)cn(CCCl)c2c1. The number of hydrogen-bond acceptors (Lipinski definition) is 3. The van der Waals surface area contributed by atoms with Crippen LogP contribution in [0.2, 0.25) is 0 Å². The Morgan fingerprint density at radius 3 is 2.95 bits per heavy atom. The summed E-state index contributed by atoms with van der Waals surface area (Å²) >= 11 is 5.89. The number of ether oxygens (including phenoxy) is 1. The Kier molecular flexibility index (Phi) is 4.15. The fourth-order valence-electron chi connectivity index (χ4n) is 2.59. The van der Waals surface area contributed by atoms with Crippen molar-refractivity contribution in [1.29, 1.82) is 0 Å². The number of nitrogens with zero attached hydrogens (tertiary/aromatic N) is 3. The third-order valence-corrected chi connectivity index (χ3v) is 3.79. The summed E-state index contributed by atoms with van der Waals surface area (Å²) in [6.07, 6.45) is 7.54. The van der Waals surface area contributed by atoms with Gasteiger partial charge in [0, 0.05) is 41.9 Å². The van der Waals surface area contributed by atoms with E-state index in [0.717, 1.165) is 23.0 Å². The molecule has 22 heavy (non-hydrogen) atoms. The fourth-order valence-corrected chi connectivity index (χ4v) is 2.77. The van der Waals surface area contributed by atoms with Gasteiger partial charge in [-0.15, -0.1) is 11.6 Å². The van der Waals surface area contributed by atoms with Gasteiger partial charge in [-0.2, -0.15) is 0 Å². The number of esters is 1. The summed E-state index contributed by atoms with van der Waals surface area (Å²) in [4.78, 5) is 15.8. The van der Waals surface area contributed by atoms with Crippen molar-refractivity contribution in [2.75, 3.05) is 13.0 Å². The predicted octanol–water partition coefficient (Wildman–Crippen LogP) is 2.91. The number of aromatic nitrogens is 3. The molecule has 0 aliphatic carbocycles. The normalized spacial score (nSPS) is 11.0. The quantitative estimate of drug-likeness (QED) is 0.537. The molecular formula is C16H16ClN3O2. The molecule has 3 rings (SSSR count). The first-order chi connectivity index (χ1) is 10.7. The molecule has 0 amide bonds. The molecule has 114 valence electrons. The average Bonchev–Trinajstić information content (AvgIpc) is 3.16. The zero-order chi connectivity index (χ0) is 15.5.